The van der Waals surface area contributed by atoms with Crippen molar-refractivity contribution in [1.29, 1.82) is 0 Å². The molecule has 0 atom stereocenters. The van der Waals surface area contributed by atoms with E-state index in [1.54, 1.807) is 0 Å². The monoisotopic (exact) mass is 408 g/mol. The van der Waals surface area contributed by atoms with Gasteiger partial charge < -0.3 is 20.4 Å². The van der Waals surface area contributed by atoms with Crippen molar-refractivity contribution in [2.24, 2.45) is 0 Å². The second-order valence-corrected chi connectivity index (χ2v) is 2.89. The van der Waals surface area contributed by atoms with Crippen LogP contribution in [0.1, 0.15) is 53.4 Å². The van der Waals surface area contributed by atoms with E-state index in [1.165, 1.54) is 0 Å². The van der Waals surface area contributed by atoms with Crippen molar-refractivity contribution < 1.29 is 63.9 Å². The van der Waals surface area contributed by atoms with Gasteiger partial charge in [0.2, 0.25) is 0 Å². The van der Waals surface area contributed by atoms with E-state index in [4.69, 9.17) is 20.4 Å². The molecule has 0 spiro atoms. The molecular weight excluding hydrogens is 375 g/mol. The molecule has 0 aromatic heterocycles. The molecule has 0 aromatic carbocycles. The summed E-state index contributed by atoms with van der Waals surface area (Å²) in [6, 6.07) is 0. The third-order valence-corrected chi connectivity index (χ3v) is 0.894. The summed E-state index contributed by atoms with van der Waals surface area (Å²) in [5.41, 5.74) is 0. The van der Waals surface area contributed by atoms with Gasteiger partial charge in [-0.15, -0.1) is 24.8 Å². The van der Waals surface area contributed by atoms with Crippen molar-refractivity contribution in [1.82, 2.24) is 0 Å². The van der Waals surface area contributed by atoms with Gasteiger partial charge in [0.15, 0.2) is 0 Å². The van der Waals surface area contributed by atoms with E-state index >= 15 is 0 Å². The van der Waals surface area contributed by atoms with Crippen LogP contribution in [-0.4, -0.2) is 46.9 Å². The summed E-state index contributed by atoms with van der Waals surface area (Å²) in [4.78, 5) is 0. The van der Waals surface area contributed by atoms with Gasteiger partial charge in [0.25, 0.3) is 0 Å². The van der Waals surface area contributed by atoms with E-state index in [0.29, 0.717) is 26.4 Å². The molecule has 0 unspecified atom stereocenters. The second kappa shape index (κ2) is 84.7. The minimum atomic E-state index is 0. The molecule has 8 heteroatoms. The Hall–Kier alpha value is 1.85. The van der Waals surface area contributed by atoms with Crippen LogP contribution in [0.3, 0.4) is 0 Å². The van der Waals surface area contributed by atoms with E-state index in [2.05, 4.69) is 0 Å². The summed E-state index contributed by atoms with van der Waals surface area (Å²) in [5.74, 6) is 0. The number of aliphatic hydroxyl groups is 4. The molecule has 0 radical (unpaired) electrons. The summed E-state index contributed by atoms with van der Waals surface area (Å²) in [6.07, 6.45) is 3.50. The number of aliphatic hydroxyl groups excluding tert-OH is 4. The Labute approximate surface area is 167 Å². The Morgan fingerprint density at radius 2 is 0.500 bits per heavy atom. The fourth-order valence-electron chi connectivity index (χ4n) is 0. The number of halogens is 2. The average Bonchev–Trinajstić information content (AvgIpc) is 2.39. The first-order valence-electron chi connectivity index (χ1n) is 6.09. The van der Waals surface area contributed by atoms with E-state index < -0.39 is 0 Å². The van der Waals surface area contributed by atoms with Gasteiger partial charge in [-0.1, -0.05) is 27.7 Å². The summed E-state index contributed by atoms with van der Waals surface area (Å²) in [7, 11) is 0. The normalized spacial score (nSPS) is 6.00. The molecule has 0 amide bonds. The maximum Gasteiger partial charge on any atom is 0.0428 e. The van der Waals surface area contributed by atoms with Crippen LogP contribution in [-0.2, 0) is 43.4 Å². The predicted molar refractivity (Wildman–Crippen MR) is 84.0 cm³/mol. The summed E-state index contributed by atoms with van der Waals surface area (Å²) in [5, 5.41) is 31.5. The molecule has 0 aliphatic rings. The molecule has 0 saturated heterocycles. The van der Waals surface area contributed by atoms with Gasteiger partial charge in [0.1, 0.15) is 0 Å². The zero-order chi connectivity index (χ0) is 13.7. The summed E-state index contributed by atoms with van der Waals surface area (Å²) in [6.45, 7) is 9.00. The fourth-order valence-corrected chi connectivity index (χ4v) is 0. The van der Waals surface area contributed by atoms with Crippen molar-refractivity contribution in [3.8, 4) is 0 Å². The van der Waals surface area contributed by atoms with E-state index in [1.807, 2.05) is 27.7 Å². The minimum Gasteiger partial charge on any atom is -0.396 e. The topological polar surface area (TPSA) is 80.9 Å². The Morgan fingerprint density at radius 3 is 0.500 bits per heavy atom. The van der Waals surface area contributed by atoms with Gasteiger partial charge in [0, 0.05) is 69.9 Å². The SMILES string of the molecule is CCCO.CCCO.CCCO.CCCO.Cl.Cl.[Ti].[Ti]. The fraction of sp³-hybridized carbons (Fsp3) is 1.00. The van der Waals surface area contributed by atoms with Crippen LogP contribution in [0.4, 0.5) is 0 Å². The molecule has 128 valence electrons. The molecular formula is C12H34Cl2O4Ti2. The number of rotatable bonds is 4. The molecule has 0 aromatic rings. The Balaban J connectivity index is -0.0000000150. The van der Waals surface area contributed by atoms with Gasteiger partial charge in [-0.25, -0.2) is 0 Å². The third kappa shape index (κ3) is 206. The first-order valence-corrected chi connectivity index (χ1v) is 6.09. The number of hydrogen-bond acceptors (Lipinski definition) is 4. The van der Waals surface area contributed by atoms with Gasteiger partial charge in [-0.3, -0.25) is 0 Å². The van der Waals surface area contributed by atoms with E-state index in [0.717, 1.165) is 25.7 Å². The van der Waals surface area contributed by atoms with Crippen LogP contribution < -0.4 is 0 Å². The van der Waals surface area contributed by atoms with Crippen LogP contribution in [0, 0.1) is 0 Å². The summed E-state index contributed by atoms with van der Waals surface area (Å²) >= 11 is 0. The molecule has 20 heavy (non-hydrogen) atoms. The first kappa shape index (κ1) is 49.5. The largest absolute Gasteiger partial charge is 0.396 e. The molecule has 4 N–H and O–H groups in total. The minimum absolute atomic E-state index is 0. The van der Waals surface area contributed by atoms with E-state index in [9.17, 15) is 0 Å². The zero-order valence-corrected chi connectivity index (χ0v) is 18.0. The van der Waals surface area contributed by atoms with Crippen LogP contribution >= 0.6 is 24.8 Å². The van der Waals surface area contributed by atoms with Gasteiger partial charge in [0.05, 0.1) is 0 Å². The molecule has 4 nitrogen and oxygen atoms in total. The van der Waals surface area contributed by atoms with Crippen molar-refractivity contribution >= 4 is 24.8 Å². The van der Waals surface area contributed by atoms with Crippen LogP contribution in [0.2, 0.25) is 0 Å². The quantitative estimate of drug-likeness (QED) is 0.538. The predicted octanol–water partition coefficient (Wildman–Crippen LogP) is 2.39. The smallest absolute Gasteiger partial charge is 0.0428 e. The van der Waals surface area contributed by atoms with Gasteiger partial charge >= 0.3 is 0 Å². The van der Waals surface area contributed by atoms with Gasteiger partial charge in [-0.05, 0) is 25.7 Å². The molecule has 0 aliphatic carbocycles. The molecule has 0 fully saturated rings. The molecule has 0 heterocycles. The average molecular weight is 409 g/mol. The van der Waals surface area contributed by atoms with Crippen LogP contribution in [0.15, 0.2) is 0 Å². The number of hydrogen-bond donors (Lipinski definition) is 4. The standard InChI is InChI=1S/4C3H8O.2ClH.2Ti/c4*1-2-3-4;;;;/h4*4H,2-3H2,1H3;2*1H;;. The third-order valence-electron chi connectivity index (χ3n) is 0.894. The molecule has 0 saturated carbocycles. The molecule has 0 rings (SSSR count). The van der Waals surface area contributed by atoms with Crippen LogP contribution in [0.25, 0.3) is 0 Å². The van der Waals surface area contributed by atoms with Crippen LogP contribution in [0.5, 0.6) is 0 Å². The van der Waals surface area contributed by atoms with Crippen molar-refractivity contribution in [2.45, 2.75) is 53.4 Å². The Kier molecular flexibility index (Phi) is 210. The summed E-state index contributed by atoms with van der Waals surface area (Å²) < 4.78 is 0. The van der Waals surface area contributed by atoms with Crippen molar-refractivity contribution in [2.75, 3.05) is 26.4 Å². The maximum atomic E-state index is 7.88. The van der Waals surface area contributed by atoms with Crippen molar-refractivity contribution in [3.05, 3.63) is 0 Å². The first-order chi connectivity index (χ1) is 7.66. The Bertz CT molecular complexity index is 55.4. The van der Waals surface area contributed by atoms with Gasteiger partial charge in [-0.2, -0.15) is 0 Å². The zero-order valence-electron chi connectivity index (χ0n) is 13.3. The molecule has 0 aliphatic heterocycles. The second-order valence-electron chi connectivity index (χ2n) is 2.89. The van der Waals surface area contributed by atoms with Crippen molar-refractivity contribution in [3.63, 3.8) is 0 Å². The van der Waals surface area contributed by atoms with E-state index in [-0.39, 0.29) is 68.2 Å². The maximum absolute atomic E-state index is 7.88. The molecule has 0 bridgehead atoms. The Morgan fingerprint density at radius 1 is 0.450 bits per heavy atom.